The molecule has 0 saturated carbocycles. The molecular weight excluding hydrogens is 444 g/mol. The van der Waals surface area contributed by atoms with Gasteiger partial charge in [0.2, 0.25) is 0 Å². The quantitative estimate of drug-likeness (QED) is 0.139. The van der Waals surface area contributed by atoms with E-state index in [-0.39, 0.29) is 21.7 Å². The molecule has 5 rings (SSSR count). The first-order valence-corrected chi connectivity index (χ1v) is 11.3. The van der Waals surface area contributed by atoms with Crippen molar-refractivity contribution in [1.82, 2.24) is 0 Å². The molecule has 0 bridgehead atoms. The van der Waals surface area contributed by atoms with Crippen LogP contribution in [0.25, 0.3) is 16.3 Å². The van der Waals surface area contributed by atoms with Gasteiger partial charge in [0.25, 0.3) is 0 Å². The zero-order valence-electron chi connectivity index (χ0n) is 19.7. The predicted octanol–water partition coefficient (Wildman–Crippen LogP) is 8.70. The van der Waals surface area contributed by atoms with Crippen LogP contribution in [-0.2, 0) is 21.7 Å². The summed E-state index contributed by atoms with van der Waals surface area (Å²) >= 11 is 0. The van der Waals surface area contributed by atoms with Gasteiger partial charge in [0, 0.05) is 0 Å². The Labute approximate surface area is 218 Å². The third-order valence-electron chi connectivity index (χ3n) is 5.55. The van der Waals surface area contributed by atoms with Gasteiger partial charge in [-0.3, -0.25) is 0 Å². The SMILES string of the molecule is Cc1ccc([C-]=CC=C(c2ccccc2)c2ccc(C)cc2)cc1.[Ti+2].c1ccc2[cH-]ccc2c1. The maximum absolute atomic E-state index is 3.35. The van der Waals surface area contributed by atoms with Crippen molar-refractivity contribution in [1.29, 1.82) is 0 Å². The number of hydrogen-bond donors (Lipinski definition) is 0. The van der Waals surface area contributed by atoms with Crippen LogP contribution in [0.3, 0.4) is 0 Å². The minimum Gasteiger partial charge on any atom is -0.168 e. The molecule has 34 heavy (non-hydrogen) atoms. The number of aryl methyl sites for hydroxylation is 2. The molecule has 0 heterocycles. The molecule has 0 unspecified atom stereocenters. The predicted molar refractivity (Wildman–Crippen MR) is 142 cm³/mol. The van der Waals surface area contributed by atoms with E-state index >= 15 is 0 Å². The fourth-order valence-electron chi connectivity index (χ4n) is 3.65. The van der Waals surface area contributed by atoms with Crippen LogP contribution in [0.2, 0.25) is 0 Å². The molecule has 0 N–H and O–H groups in total. The summed E-state index contributed by atoms with van der Waals surface area (Å²) in [6, 6.07) is 42.2. The Balaban J connectivity index is 0.000000270. The second-order valence-corrected chi connectivity index (χ2v) is 8.14. The smallest absolute Gasteiger partial charge is 0.168 e. The Hall–Kier alpha value is -3.32. The third kappa shape index (κ3) is 7.09. The van der Waals surface area contributed by atoms with E-state index in [0.717, 1.165) is 5.56 Å². The van der Waals surface area contributed by atoms with Crippen molar-refractivity contribution >= 4 is 16.3 Å². The second-order valence-electron chi connectivity index (χ2n) is 8.14. The molecule has 5 aromatic rings. The largest absolute Gasteiger partial charge is 2.00 e. The van der Waals surface area contributed by atoms with E-state index in [2.05, 4.69) is 141 Å². The van der Waals surface area contributed by atoms with Gasteiger partial charge in [0.05, 0.1) is 0 Å². The summed E-state index contributed by atoms with van der Waals surface area (Å²) in [6.45, 7) is 4.21. The van der Waals surface area contributed by atoms with E-state index in [1.54, 1.807) is 0 Å². The van der Waals surface area contributed by atoms with Crippen molar-refractivity contribution in [2.24, 2.45) is 0 Å². The molecule has 0 aliphatic carbocycles. The van der Waals surface area contributed by atoms with Gasteiger partial charge in [0.15, 0.2) is 0 Å². The van der Waals surface area contributed by atoms with Crippen LogP contribution in [0.4, 0.5) is 0 Å². The van der Waals surface area contributed by atoms with Crippen LogP contribution < -0.4 is 0 Å². The molecular formula is C33H28Ti. The van der Waals surface area contributed by atoms with E-state index in [0.29, 0.717) is 0 Å². The summed E-state index contributed by atoms with van der Waals surface area (Å²) in [5.74, 6) is 0. The van der Waals surface area contributed by atoms with Crippen molar-refractivity contribution < 1.29 is 21.7 Å². The maximum atomic E-state index is 3.35. The summed E-state index contributed by atoms with van der Waals surface area (Å²) in [5, 5.41) is 2.66. The first-order chi connectivity index (χ1) is 16.2. The normalized spacial score (nSPS) is 11.1. The monoisotopic (exact) mass is 472 g/mol. The number of hydrogen-bond acceptors (Lipinski definition) is 0. The van der Waals surface area contributed by atoms with Gasteiger partial charge in [0.1, 0.15) is 0 Å². The van der Waals surface area contributed by atoms with Gasteiger partial charge in [-0.05, 0) is 25.0 Å². The Kier molecular flexibility index (Phi) is 9.53. The molecule has 0 aliphatic rings. The number of fused-ring (bicyclic) bond motifs is 1. The molecule has 5 aromatic carbocycles. The zero-order valence-corrected chi connectivity index (χ0v) is 21.3. The van der Waals surface area contributed by atoms with Crippen LogP contribution in [0.5, 0.6) is 0 Å². The Bertz CT molecular complexity index is 1310. The topological polar surface area (TPSA) is 0 Å². The minimum absolute atomic E-state index is 0. The molecule has 0 atom stereocenters. The average molecular weight is 472 g/mol. The summed E-state index contributed by atoms with van der Waals surface area (Å²) < 4.78 is 0. The Morgan fingerprint density at radius 1 is 0.647 bits per heavy atom. The van der Waals surface area contributed by atoms with Crippen LogP contribution in [0.1, 0.15) is 27.8 Å². The van der Waals surface area contributed by atoms with Gasteiger partial charge in [-0.15, -0.1) is 77.7 Å². The molecule has 0 nitrogen and oxygen atoms in total. The van der Waals surface area contributed by atoms with E-state index in [9.17, 15) is 0 Å². The summed E-state index contributed by atoms with van der Waals surface area (Å²) in [7, 11) is 0. The number of benzene rings is 4. The fraction of sp³-hybridized carbons (Fsp3) is 0.0606. The van der Waals surface area contributed by atoms with Crippen LogP contribution in [0.15, 0.2) is 133 Å². The van der Waals surface area contributed by atoms with E-state index < -0.39 is 0 Å². The summed E-state index contributed by atoms with van der Waals surface area (Å²) in [6.07, 6.45) is 7.50. The van der Waals surface area contributed by atoms with E-state index in [4.69, 9.17) is 0 Å². The second kappa shape index (κ2) is 12.8. The zero-order chi connectivity index (χ0) is 22.9. The van der Waals surface area contributed by atoms with Crippen molar-refractivity contribution in [3.05, 3.63) is 167 Å². The number of allylic oxidation sites excluding steroid dienone is 2. The molecule has 0 radical (unpaired) electrons. The van der Waals surface area contributed by atoms with Gasteiger partial charge < -0.3 is 0 Å². The first-order valence-electron chi connectivity index (χ1n) is 11.3. The van der Waals surface area contributed by atoms with E-state index in [1.807, 2.05) is 12.1 Å². The van der Waals surface area contributed by atoms with Crippen molar-refractivity contribution in [3.63, 3.8) is 0 Å². The van der Waals surface area contributed by atoms with Crippen LogP contribution in [0, 0.1) is 19.9 Å². The molecule has 0 aromatic heterocycles. The molecule has 0 aliphatic heterocycles. The summed E-state index contributed by atoms with van der Waals surface area (Å²) in [4.78, 5) is 0. The molecule has 0 amide bonds. The average Bonchev–Trinajstić information content (AvgIpc) is 3.34. The molecule has 164 valence electrons. The van der Waals surface area contributed by atoms with Gasteiger partial charge in [-0.25, -0.2) is 0 Å². The van der Waals surface area contributed by atoms with E-state index in [1.165, 1.54) is 38.6 Å². The maximum Gasteiger partial charge on any atom is 2.00 e. The minimum atomic E-state index is 0. The van der Waals surface area contributed by atoms with Crippen molar-refractivity contribution in [2.75, 3.05) is 0 Å². The van der Waals surface area contributed by atoms with Crippen LogP contribution in [-0.4, -0.2) is 0 Å². The standard InChI is InChI=1S/C24H21.C9H7.Ti/c1-19-11-15-21(16-12-19)7-6-10-24(22-8-4-3-5-9-22)23-17-13-20(2)14-18-23;1-2-5-9-7-3-6-8(9)4-1;/h3-6,8-18H,1-2H3;1-7H;/q2*-1;+2. The Morgan fingerprint density at radius 2 is 1.24 bits per heavy atom. The Morgan fingerprint density at radius 3 is 1.91 bits per heavy atom. The third-order valence-corrected chi connectivity index (χ3v) is 5.55. The fourth-order valence-corrected chi connectivity index (χ4v) is 3.65. The summed E-state index contributed by atoms with van der Waals surface area (Å²) in [5.41, 5.74) is 7.26. The molecule has 1 heteroatoms. The van der Waals surface area contributed by atoms with Crippen molar-refractivity contribution in [3.8, 4) is 0 Å². The molecule has 0 spiro atoms. The van der Waals surface area contributed by atoms with Crippen LogP contribution >= 0.6 is 0 Å². The first kappa shape index (κ1) is 25.3. The number of rotatable bonds is 4. The van der Waals surface area contributed by atoms with Gasteiger partial charge >= 0.3 is 21.7 Å². The van der Waals surface area contributed by atoms with Gasteiger partial charge in [-0.2, -0.15) is 17.5 Å². The molecule has 0 fully saturated rings. The van der Waals surface area contributed by atoms with Crippen molar-refractivity contribution in [2.45, 2.75) is 13.8 Å². The molecule has 0 saturated heterocycles. The van der Waals surface area contributed by atoms with Gasteiger partial charge in [-0.1, -0.05) is 77.4 Å².